The van der Waals surface area contributed by atoms with Gasteiger partial charge in [0.05, 0.1) is 61.1 Å². The van der Waals surface area contributed by atoms with Gasteiger partial charge in [-0.2, -0.15) is 0 Å². The zero-order chi connectivity index (χ0) is 72.9. The number of Topliss-reactive ketones (excluding diaryl/α,β-unsaturated/α-hetero) is 1. The first-order chi connectivity index (χ1) is 47.8. The molecular formula is C77H105N9O13S. The van der Waals surface area contributed by atoms with E-state index in [2.05, 4.69) is 38.4 Å². The van der Waals surface area contributed by atoms with Gasteiger partial charge in [-0.25, -0.2) is 14.6 Å². The average Bonchev–Trinajstić information content (AvgIpc) is 1.61. The van der Waals surface area contributed by atoms with Crippen LogP contribution < -0.4 is 27.0 Å². The number of nitrogens with zero attached hydrogens (tertiary/aromatic N) is 4. The van der Waals surface area contributed by atoms with Crippen LogP contribution in [0.4, 0.5) is 9.59 Å². The van der Waals surface area contributed by atoms with Crippen molar-refractivity contribution in [3.63, 3.8) is 0 Å². The predicted molar refractivity (Wildman–Crippen MR) is 384 cm³/mol. The number of likely N-dealkylation sites (N-methyl/N-ethyl adjacent to an activating group) is 2. The highest BCUT2D eigenvalue weighted by Crippen LogP contribution is 2.45. The van der Waals surface area contributed by atoms with Crippen molar-refractivity contribution in [2.75, 3.05) is 48.0 Å². The van der Waals surface area contributed by atoms with Crippen LogP contribution in [0.3, 0.4) is 0 Å². The number of amides is 8. The van der Waals surface area contributed by atoms with Crippen LogP contribution >= 0.6 is 11.3 Å². The lowest BCUT2D eigenvalue weighted by Gasteiger charge is -2.41. The molecule has 542 valence electrons. The maximum atomic E-state index is 14.9. The van der Waals surface area contributed by atoms with Crippen molar-refractivity contribution < 1.29 is 62.1 Å². The van der Waals surface area contributed by atoms with E-state index < -0.39 is 102 Å². The summed E-state index contributed by atoms with van der Waals surface area (Å²) in [5.74, 6) is -5.57. The maximum absolute atomic E-state index is 14.9. The Balaban J connectivity index is 0.934. The number of urea groups is 1. The quantitative estimate of drug-likeness (QED) is 0.0183. The Morgan fingerprint density at radius 1 is 0.700 bits per heavy atom. The average molecular weight is 1400 g/mol. The molecule has 11 atom stereocenters. The SMILES string of the molecule is CC[C@H](C)[C@@H]([C@@H](CC(=O)N1CCC[C@H]1[C@H](OC)[C@@H](C)C(=O)N[C@@H](Cc1ccccc1)c1nccs1)OC)N(C)C(=O)[C@@H](NC(=O)[C@H](C(C)C)N(C)C(=O)OCc1ccc(CC(=O)[C@H](CCCNC(N)=O)NC(=O)[C@@H](CC(=O)OCC2c3ccccc3-c3ccccc32)C(C)C)cc1)C(C)C. The molecule has 7 rings (SSSR count). The molecule has 1 saturated heterocycles. The molecular weight excluding hydrogens is 1290 g/mol. The molecule has 0 saturated carbocycles. The fraction of sp³-hybridized carbons (Fsp3) is 0.532. The number of ether oxygens (including phenoxy) is 4. The number of thiazole rings is 1. The van der Waals surface area contributed by atoms with Crippen molar-refractivity contribution in [3.8, 4) is 11.1 Å². The highest BCUT2D eigenvalue weighted by atomic mass is 32.1. The molecule has 23 heteroatoms. The lowest BCUT2D eigenvalue weighted by molar-refractivity contribution is -0.148. The molecule has 1 aliphatic carbocycles. The van der Waals surface area contributed by atoms with E-state index >= 15 is 0 Å². The van der Waals surface area contributed by atoms with Crippen molar-refractivity contribution in [1.82, 2.24) is 41.0 Å². The Morgan fingerprint density at radius 3 is 1.92 bits per heavy atom. The van der Waals surface area contributed by atoms with Crippen LogP contribution in [-0.4, -0.2) is 164 Å². The smallest absolute Gasteiger partial charge is 0.410 e. The van der Waals surface area contributed by atoms with E-state index in [4.69, 9.17) is 24.7 Å². The number of ketones is 1. The molecule has 0 bridgehead atoms. The van der Waals surface area contributed by atoms with E-state index in [1.165, 1.54) is 30.4 Å². The molecule has 6 N–H and O–H groups in total. The molecule has 4 aromatic carbocycles. The van der Waals surface area contributed by atoms with Crippen LogP contribution in [-0.2, 0) is 72.0 Å². The fourth-order valence-electron chi connectivity index (χ4n) is 14.0. The maximum Gasteiger partial charge on any atom is 0.410 e. The number of esters is 1. The summed E-state index contributed by atoms with van der Waals surface area (Å²) in [4.78, 5) is 134. The third kappa shape index (κ3) is 20.8. The highest BCUT2D eigenvalue weighted by Gasteiger charge is 2.44. The van der Waals surface area contributed by atoms with Gasteiger partial charge in [-0.3, -0.25) is 38.5 Å². The Labute approximate surface area is 593 Å². The van der Waals surface area contributed by atoms with Gasteiger partial charge in [0.25, 0.3) is 0 Å². The van der Waals surface area contributed by atoms with E-state index in [0.717, 1.165) is 32.8 Å². The van der Waals surface area contributed by atoms with Gasteiger partial charge in [0.1, 0.15) is 30.3 Å². The third-order valence-corrected chi connectivity index (χ3v) is 20.7. The molecule has 22 nitrogen and oxygen atoms in total. The van der Waals surface area contributed by atoms with Crippen molar-refractivity contribution in [2.45, 2.75) is 181 Å². The number of benzene rings is 4. The Kier molecular flexibility index (Phi) is 29.8. The number of fused-ring (bicyclic) bond motifs is 3. The molecule has 1 aliphatic heterocycles. The van der Waals surface area contributed by atoms with E-state index in [-0.39, 0.29) is 86.8 Å². The minimum atomic E-state index is -1.06. The first-order valence-electron chi connectivity index (χ1n) is 35.1. The summed E-state index contributed by atoms with van der Waals surface area (Å²) in [5, 5.41) is 14.3. The van der Waals surface area contributed by atoms with Crippen molar-refractivity contribution in [3.05, 3.63) is 148 Å². The first kappa shape index (κ1) is 78.8. The van der Waals surface area contributed by atoms with Crippen LogP contribution in [0.25, 0.3) is 11.1 Å². The zero-order valence-electron chi connectivity index (χ0n) is 60.4. The monoisotopic (exact) mass is 1400 g/mol. The molecule has 0 radical (unpaired) electrons. The standard InChI is InChI=1S/C77H105N9O13S/c1-14-49(8)69(64(96-12)43-65(88)86-38-23-31-62(86)70(97-13)50(9)71(90)82-61(74-79-37-39-100-74)40-51-24-16-15-17-25-51)84(10)75(93)67(47(4)5)83-73(92)68(48(6)7)85(11)77(95)99-44-53-34-32-52(33-35-53)41-63(87)60(30-22-36-80-76(78)94)81-72(91)58(46(2)3)42-66(89)98-45-59-56-28-20-18-26-54(56)55-27-19-21-29-57(55)59/h15-21,24-29,32-35,37,39,46-50,58-62,64,67-70H,14,22-23,30-31,36,38,40-45H2,1-13H3,(H,81,91)(H,82,90)(H,83,92)(H3,78,80,94)/t49-,50+,58-,60-,61-,62-,64+,67-,68-,69-,70+/m0/s1. The number of carbonyl (C=O) groups excluding carboxylic acids is 9. The van der Waals surface area contributed by atoms with E-state index in [0.29, 0.717) is 49.8 Å². The lowest BCUT2D eigenvalue weighted by Crippen LogP contribution is -2.60. The number of hydrogen-bond donors (Lipinski definition) is 5. The number of rotatable bonds is 37. The molecule has 0 unspecified atom stereocenters. The molecule has 8 amide bonds. The summed E-state index contributed by atoms with van der Waals surface area (Å²) >= 11 is 1.47. The van der Waals surface area contributed by atoms with Gasteiger partial charge in [0.2, 0.25) is 29.5 Å². The largest absolute Gasteiger partial charge is 0.465 e. The summed E-state index contributed by atoms with van der Waals surface area (Å²) in [5.41, 5.74) is 11.9. The van der Waals surface area contributed by atoms with Crippen LogP contribution in [0.15, 0.2) is 115 Å². The molecule has 5 aromatic rings. The lowest BCUT2D eigenvalue weighted by atomic mass is 9.89. The molecule has 1 fully saturated rings. The van der Waals surface area contributed by atoms with Gasteiger partial charge in [0.15, 0.2) is 5.78 Å². The van der Waals surface area contributed by atoms with E-state index in [1.54, 1.807) is 68.3 Å². The molecule has 1 aromatic heterocycles. The molecule has 0 spiro atoms. The second-order valence-corrected chi connectivity index (χ2v) is 28.6. The molecule has 2 aliphatic rings. The topological polar surface area (TPSA) is 287 Å². The van der Waals surface area contributed by atoms with Crippen LogP contribution in [0.1, 0.15) is 152 Å². The summed E-state index contributed by atoms with van der Waals surface area (Å²) in [6.07, 6.45) is 2.21. The van der Waals surface area contributed by atoms with Gasteiger partial charge in [0, 0.05) is 65.3 Å². The number of likely N-dealkylation sites (tertiary alicyclic amines) is 1. The van der Waals surface area contributed by atoms with Gasteiger partial charge >= 0.3 is 18.1 Å². The van der Waals surface area contributed by atoms with Crippen LogP contribution in [0.5, 0.6) is 0 Å². The Hall–Kier alpha value is -8.54. The van der Waals surface area contributed by atoms with Crippen LogP contribution in [0.2, 0.25) is 0 Å². The zero-order valence-corrected chi connectivity index (χ0v) is 61.2. The number of nitrogens with two attached hydrogens (primary N) is 1. The Bertz CT molecular complexity index is 3490. The second-order valence-electron chi connectivity index (χ2n) is 27.7. The number of carbonyl (C=O) groups is 9. The summed E-state index contributed by atoms with van der Waals surface area (Å²) in [7, 11) is 6.21. The minimum Gasteiger partial charge on any atom is -0.465 e. The Morgan fingerprint density at radius 2 is 1.34 bits per heavy atom. The minimum absolute atomic E-state index is 0.0666. The van der Waals surface area contributed by atoms with E-state index in [1.807, 2.05) is 121 Å². The van der Waals surface area contributed by atoms with Gasteiger partial charge in [-0.05, 0) is 94.7 Å². The predicted octanol–water partition coefficient (Wildman–Crippen LogP) is 9.96. The number of primary amides is 1. The number of hydrogen-bond acceptors (Lipinski definition) is 15. The van der Waals surface area contributed by atoms with Crippen molar-refractivity contribution >= 4 is 64.7 Å². The fourth-order valence-corrected chi connectivity index (χ4v) is 14.7. The molecule has 100 heavy (non-hydrogen) atoms. The van der Waals surface area contributed by atoms with Gasteiger partial charge in [-0.15, -0.1) is 11.3 Å². The summed E-state index contributed by atoms with van der Waals surface area (Å²) < 4.78 is 23.9. The summed E-state index contributed by atoms with van der Waals surface area (Å²) in [6.45, 7) is 17.3. The normalized spacial score (nSPS) is 16.5. The number of nitrogens with one attached hydrogen (secondary N) is 4. The van der Waals surface area contributed by atoms with E-state index in [9.17, 15) is 43.2 Å². The van der Waals surface area contributed by atoms with Gasteiger partial charge in [-0.1, -0.05) is 172 Å². The first-order valence-corrected chi connectivity index (χ1v) is 36.0. The number of methoxy groups -OCH3 is 2. The molecule has 2 heterocycles. The second kappa shape index (κ2) is 37.8. The van der Waals surface area contributed by atoms with Crippen molar-refractivity contribution in [2.24, 2.45) is 41.2 Å². The van der Waals surface area contributed by atoms with Crippen molar-refractivity contribution in [1.29, 1.82) is 0 Å². The third-order valence-electron chi connectivity index (χ3n) is 19.8. The number of aromatic nitrogens is 1. The summed E-state index contributed by atoms with van der Waals surface area (Å²) in [6, 6.07) is 27.6. The van der Waals surface area contributed by atoms with Gasteiger partial charge < -0.3 is 55.7 Å². The highest BCUT2D eigenvalue weighted by molar-refractivity contribution is 7.09. The van der Waals surface area contributed by atoms with Crippen LogP contribution in [0, 0.1) is 35.5 Å².